The minimum atomic E-state index is 0.0732. The van der Waals surface area contributed by atoms with Gasteiger partial charge >= 0.3 is 0 Å². The Labute approximate surface area is 164 Å². The van der Waals surface area contributed by atoms with Crippen molar-refractivity contribution in [3.8, 4) is 11.8 Å². The van der Waals surface area contributed by atoms with E-state index in [0.29, 0.717) is 11.4 Å². The molecule has 0 N–H and O–H groups in total. The molecule has 28 heavy (non-hydrogen) atoms. The molecule has 4 heterocycles. The first kappa shape index (κ1) is 17.2. The fraction of sp³-hybridized carbons (Fsp3) is 0.348. The lowest BCUT2D eigenvalue weighted by Gasteiger charge is -2.33. The molecule has 1 saturated heterocycles. The number of hydrogen-bond donors (Lipinski definition) is 0. The van der Waals surface area contributed by atoms with Crippen LogP contribution in [-0.2, 0) is 13.0 Å². The summed E-state index contributed by atoms with van der Waals surface area (Å²) in [5.74, 6) is 7.13. The van der Waals surface area contributed by atoms with E-state index < -0.39 is 0 Å². The zero-order valence-corrected chi connectivity index (χ0v) is 15.8. The minimum Gasteiger partial charge on any atom is -0.298 e. The second kappa shape index (κ2) is 7.21. The predicted octanol–water partition coefficient (Wildman–Crippen LogP) is 2.60. The summed E-state index contributed by atoms with van der Waals surface area (Å²) in [6.07, 6.45) is 6.32. The molecule has 1 aromatic carbocycles. The van der Waals surface area contributed by atoms with Crippen LogP contribution in [0.1, 0.15) is 36.3 Å². The number of rotatable bonds is 0. The van der Waals surface area contributed by atoms with Gasteiger partial charge < -0.3 is 0 Å². The van der Waals surface area contributed by atoms with E-state index in [1.807, 2.05) is 41.0 Å². The highest BCUT2D eigenvalue weighted by atomic mass is 16.1. The highest BCUT2D eigenvalue weighted by Gasteiger charge is 2.27. The van der Waals surface area contributed by atoms with Crippen LogP contribution in [0.5, 0.6) is 0 Å². The summed E-state index contributed by atoms with van der Waals surface area (Å²) in [6, 6.07) is 11.9. The van der Waals surface area contributed by atoms with Crippen LogP contribution in [0.2, 0.25) is 0 Å². The summed E-state index contributed by atoms with van der Waals surface area (Å²) in [6.45, 7) is 2.81. The zero-order chi connectivity index (χ0) is 18.9. The lowest BCUT2D eigenvalue weighted by molar-refractivity contribution is 0.152. The fourth-order valence-electron chi connectivity index (χ4n) is 4.33. The van der Waals surface area contributed by atoms with Crippen molar-refractivity contribution in [2.75, 3.05) is 13.1 Å². The van der Waals surface area contributed by atoms with Crippen LogP contribution in [-0.4, -0.2) is 38.6 Å². The van der Waals surface area contributed by atoms with Crippen molar-refractivity contribution >= 4 is 10.9 Å². The van der Waals surface area contributed by atoms with Crippen LogP contribution in [0.3, 0.4) is 0 Å². The van der Waals surface area contributed by atoms with Crippen molar-refractivity contribution in [2.24, 2.45) is 0 Å². The van der Waals surface area contributed by atoms with Gasteiger partial charge in [0.1, 0.15) is 11.5 Å². The largest absolute Gasteiger partial charge is 0.298 e. The molecule has 2 aliphatic heterocycles. The number of piperidine rings is 1. The van der Waals surface area contributed by atoms with Crippen molar-refractivity contribution in [3.05, 3.63) is 70.0 Å². The topological polar surface area (TPSA) is 51.0 Å². The Balaban J connectivity index is 1.54. The zero-order valence-electron chi connectivity index (χ0n) is 15.8. The standard InChI is InChI=1S/C23H22N4O/c28-23-20-10-8-17(7-9-18-5-1-3-11-24-18)15-21(20)25-22-16-19-6-2-4-12-26(19)13-14-27(22)23/h1,3,5,8,10-11,15,19H,2,4,6,12-14,16H2. The number of aromatic nitrogens is 3. The average molecular weight is 370 g/mol. The van der Waals surface area contributed by atoms with Gasteiger partial charge in [-0.1, -0.05) is 18.4 Å². The number of benzene rings is 1. The quantitative estimate of drug-likeness (QED) is 0.571. The van der Waals surface area contributed by atoms with E-state index in [0.717, 1.165) is 48.7 Å². The Kier molecular flexibility index (Phi) is 4.42. The van der Waals surface area contributed by atoms with E-state index >= 15 is 0 Å². The second-order valence-corrected chi connectivity index (χ2v) is 7.57. The third-order valence-corrected chi connectivity index (χ3v) is 5.81. The highest BCUT2D eigenvalue weighted by molar-refractivity contribution is 5.79. The molecule has 5 nitrogen and oxygen atoms in total. The van der Waals surface area contributed by atoms with Crippen molar-refractivity contribution in [1.82, 2.24) is 19.4 Å². The monoisotopic (exact) mass is 370 g/mol. The summed E-state index contributed by atoms with van der Waals surface area (Å²) in [4.78, 5) is 24.7. The molecule has 5 heteroatoms. The molecule has 5 rings (SSSR count). The Morgan fingerprint density at radius 3 is 2.89 bits per heavy atom. The van der Waals surface area contributed by atoms with Gasteiger partial charge in [-0.2, -0.15) is 0 Å². The van der Waals surface area contributed by atoms with Gasteiger partial charge in [0.25, 0.3) is 5.56 Å². The molecular formula is C23H22N4O. The molecule has 2 aromatic heterocycles. The first-order valence-electron chi connectivity index (χ1n) is 9.98. The highest BCUT2D eigenvalue weighted by Crippen LogP contribution is 2.23. The first-order chi connectivity index (χ1) is 13.8. The van der Waals surface area contributed by atoms with Crippen LogP contribution in [0, 0.1) is 11.8 Å². The number of fused-ring (bicyclic) bond motifs is 3. The lowest BCUT2D eigenvalue weighted by atomic mass is 9.99. The number of nitrogens with zero attached hydrogens (tertiary/aromatic N) is 4. The molecule has 0 spiro atoms. The van der Waals surface area contributed by atoms with Gasteiger partial charge in [-0.15, -0.1) is 0 Å². The van der Waals surface area contributed by atoms with Gasteiger partial charge in [-0.25, -0.2) is 9.97 Å². The normalized spacial score (nSPS) is 19.2. The van der Waals surface area contributed by atoms with Gasteiger partial charge in [0, 0.05) is 37.3 Å². The summed E-state index contributed by atoms with van der Waals surface area (Å²) in [7, 11) is 0. The summed E-state index contributed by atoms with van der Waals surface area (Å²) in [5.41, 5.74) is 2.40. The molecule has 1 unspecified atom stereocenters. The molecule has 0 amide bonds. The minimum absolute atomic E-state index is 0.0732. The van der Waals surface area contributed by atoms with Gasteiger partial charge in [0.05, 0.1) is 10.9 Å². The Morgan fingerprint density at radius 1 is 1.04 bits per heavy atom. The van der Waals surface area contributed by atoms with Crippen LogP contribution >= 0.6 is 0 Å². The van der Waals surface area contributed by atoms with Crippen LogP contribution in [0.4, 0.5) is 0 Å². The van der Waals surface area contributed by atoms with Crippen LogP contribution in [0.15, 0.2) is 47.4 Å². The Hall–Kier alpha value is -2.97. The van der Waals surface area contributed by atoms with E-state index in [-0.39, 0.29) is 5.56 Å². The van der Waals surface area contributed by atoms with Crippen molar-refractivity contribution in [2.45, 2.75) is 38.3 Å². The van der Waals surface area contributed by atoms with Crippen molar-refractivity contribution in [3.63, 3.8) is 0 Å². The molecule has 0 aliphatic carbocycles. The van der Waals surface area contributed by atoms with Gasteiger partial charge in [0.2, 0.25) is 0 Å². The van der Waals surface area contributed by atoms with Crippen molar-refractivity contribution < 1.29 is 0 Å². The maximum absolute atomic E-state index is 13.1. The van der Waals surface area contributed by atoms with E-state index in [1.165, 1.54) is 19.3 Å². The van der Waals surface area contributed by atoms with Crippen LogP contribution in [0.25, 0.3) is 10.9 Å². The van der Waals surface area contributed by atoms with E-state index in [9.17, 15) is 4.79 Å². The molecule has 140 valence electrons. The fourth-order valence-corrected chi connectivity index (χ4v) is 4.33. The van der Waals surface area contributed by atoms with Gasteiger partial charge in [0.15, 0.2) is 0 Å². The lowest BCUT2D eigenvalue weighted by Crippen LogP contribution is -2.40. The van der Waals surface area contributed by atoms with E-state index in [2.05, 4.69) is 21.7 Å². The van der Waals surface area contributed by atoms with Gasteiger partial charge in [-0.3, -0.25) is 14.3 Å². The second-order valence-electron chi connectivity index (χ2n) is 7.57. The molecule has 3 aromatic rings. The Morgan fingerprint density at radius 2 is 2.00 bits per heavy atom. The van der Waals surface area contributed by atoms with E-state index in [4.69, 9.17) is 4.98 Å². The average Bonchev–Trinajstić information content (AvgIpc) is 2.92. The Bertz CT molecular complexity index is 1140. The molecule has 1 atom stereocenters. The maximum Gasteiger partial charge on any atom is 0.261 e. The first-order valence-corrected chi connectivity index (χ1v) is 9.98. The SMILES string of the molecule is O=c1c2ccc(C#Cc3ccccn3)cc2nc2n1CCN1CCCCC1C2. The van der Waals surface area contributed by atoms with Crippen molar-refractivity contribution in [1.29, 1.82) is 0 Å². The molecule has 0 saturated carbocycles. The predicted molar refractivity (Wildman–Crippen MR) is 109 cm³/mol. The molecule has 0 radical (unpaired) electrons. The molecule has 0 bridgehead atoms. The molecular weight excluding hydrogens is 348 g/mol. The third-order valence-electron chi connectivity index (χ3n) is 5.81. The van der Waals surface area contributed by atoms with Gasteiger partial charge in [-0.05, 0) is 55.6 Å². The molecule has 2 aliphatic rings. The maximum atomic E-state index is 13.1. The summed E-state index contributed by atoms with van der Waals surface area (Å²) >= 11 is 0. The molecule has 1 fully saturated rings. The van der Waals surface area contributed by atoms with Crippen LogP contribution < -0.4 is 5.56 Å². The summed E-state index contributed by atoms with van der Waals surface area (Å²) < 4.78 is 1.89. The third kappa shape index (κ3) is 3.21. The van der Waals surface area contributed by atoms with E-state index in [1.54, 1.807) is 6.20 Å². The number of pyridine rings is 1. The summed E-state index contributed by atoms with van der Waals surface area (Å²) in [5, 5.41) is 0.673. The number of hydrogen-bond acceptors (Lipinski definition) is 4. The smallest absolute Gasteiger partial charge is 0.261 e.